The number of hydrogen-bond acceptors (Lipinski definition) is 3. The molecule has 4 heteroatoms. The van der Waals surface area contributed by atoms with E-state index in [0.29, 0.717) is 11.7 Å². The molecule has 0 N–H and O–H groups in total. The van der Waals surface area contributed by atoms with Gasteiger partial charge < -0.3 is 4.90 Å². The molecule has 0 spiro atoms. The summed E-state index contributed by atoms with van der Waals surface area (Å²) in [6, 6.07) is 6.33. The van der Waals surface area contributed by atoms with Crippen LogP contribution in [-0.2, 0) is 0 Å². The van der Waals surface area contributed by atoms with Crippen molar-refractivity contribution in [3.63, 3.8) is 0 Å². The number of carbonyl (C=O) groups excluding carboxylic acids is 1. The average molecular weight is 243 g/mol. The first kappa shape index (κ1) is 11.3. The number of nitrogens with zero attached hydrogens (tertiary/aromatic N) is 3. The van der Waals surface area contributed by atoms with E-state index in [-0.39, 0.29) is 0 Å². The Kier molecular flexibility index (Phi) is 2.78. The minimum absolute atomic E-state index is 0.522. The molecule has 1 unspecified atom stereocenters. The summed E-state index contributed by atoms with van der Waals surface area (Å²) in [5, 5.41) is 0. The van der Waals surface area contributed by atoms with Crippen LogP contribution in [0.2, 0.25) is 0 Å². The van der Waals surface area contributed by atoms with Gasteiger partial charge in [-0.15, -0.1) is 0 Å². The molecule has 3 rings (SSSR count). The summed E-state index contributed by atoms with van der Waals surface area (Å²) < 4.78 is 1.87. The molecular weight excluding hydrogens is 226 g/mol. The number of fused-ring (bicyclic) bond motifs is 1. The monoisotopic (exact) mass is 243 g/mol. The molecule has 1 saturated heterocycles. The minimum Gasteiger partial charge on any atom is -0.352 e. The molecule has 2 aromatic rings. The fourth-order valence-corrected chi connectivity index (χ4v) is 2.86. The first-order valence-corrected chi connectivity index (χ1v) is 6.54. The van der Waals surface area contributed by atoms with Crippen molar-refractivity contribution in [3.05, 3.63) is 30.1 Å². The first-order chi connectivity index (χ1) is 8.85. The molecule has 18 heavy (non-hydrogen) atoms. The lowest BCUT2D eigenvalue weighted by Crippen LogP contribution is -2.29. The minimum atomic E-state index is 0.522. The number of rotatable bonds is 3. The van der Waals surface area contributed by atoms with Crippen molar-refractivity contribution < 1.29 is 4.79 Å². The lowest BCUT2D eigenvalue weighted by molar-refractivity contribution is 0.111. The van der Waals surface area contributed by atoms with Crippen LogP contribution in [-0.4, -0.2) is 28.3 Å². The lowest BCUT2D eigenvalue weighted by atomic mass is 10.2. The largest absolute Gasteiger partial charge is 0.352 e. The molecule has 0 radical (unpaired) electrons. The SMILES string of the molecule is CCC1CCCN1c1nc2ccccn2c1C=O. The molecule has 1 aliphatic rings. The molecule has 1 aliphatic heterocycles. The van der Waals surface area contributed by atoms with E-state index in [9.17, 15) is 4.79 Å². The molecule has 0 aromatic carbocycles. The summed E-state index contributed by atoms with van der Waals surface area (Å²) in [6.45, 7) is 3.20. The van der Waals surface area contributed by atoms with Crippen LogP contribution in [0, 0.1) is 0 Å². The quantitative estimate of drug-likeness (QED) is 0.777. The number of aldehydes is 1. The van der Waals surface area contributed by atoms with Crippen LogP contribution in [0.25, 0.3) is 5.65 Å². The van der Waals surface area contributed by atoms with Gasteiger partial charge in [0.1, 0.15) is 11.3 Å². The second-order valence-electron chi connectivity index (χ2n) is 4.77. The van der Waals surface area contributed by atoms with Gasteiger partial charge in [-0.05, 0) is 31.4 Å². The van der Waals surface area contributed by atoms with Crippen LogP contribution in [0.15, 0.2) is 24.4 Å². The zero-order chi connectivity index (χ0) is 12.5. The van der Waals surface area contributed by atoms with Crippen molar-refractivity contribution in [1.29, 1.82) is 0 Å². The molecule has 3 heterocycles. The van der Waals surface area contributed by atoms with Crippen LogP contribution in [0.1, 0.15) is 36.7 Å². The second kappa shape index (κ2) is 4.44. The third-order valence-corrected chi connectivity index (χ3v) is 3.78. The Bertz CT molecular complexity index is 575. The summed E-state index contributed by atoms with van der Waals surface area (Å²) in [5.41, 5.74) is 1.52. The lowest BCUT2D eigenvalue weighted by Gasteiger charge is -2.23. The number of anilines is 1. The van der Waals surface area contributed by atoms with Crippen molar-refractivity contribution in [3.8, 4) is 0 Å². The van der Waals surface area contributed by atoms with Crippen LogP contribution in [0.4, 0.5) is 5.82 Å². The van der Waals surface area contributed by atoms with E-state index >= 15 is 0 Å². The van der Waals surface area contributed by atoms with Gasteiger partial charge in [0, 0.05) is 18.8 Å². The molecule has 0 bridgehead atoms. The zero-order valence-electron chi connectivity index (χ0n) is 10.5. The molecule has 1 fully saturated rings. The van der Waals surface area contributed by atoms with Crippen LogP contribution in [0.3, 0.4) is 0 Å². The van der Waals surface area contributed by atoms with Gasteiger partial charge in [-0.3, -0.25) is 9.20 Å². The Morgan fingerprint density at radius 1 is 1.50 bits per heavy atom. The van der Waals surface area contributed by atoms with E-state index in [1.165, 1.54) is 12.8 Å². The highest BCUT2D eigenvalue weighted by molar-refractivity contribution is 5.83. The van der Waals surface area contributed by atoms with E-state index in [1.807, 2.05) is 28.8 Å². The van der Waals surface area contributed by atoms with Gasteiger partial charge in [-0.1, -0.05) is 13.0 Å². The van der Waals surface area contributed by atoms with Gasteiger partial charge in [0.15, 0.2) is 12.1 Å². The smallest absolute Gasteiger partial charge is 0.170 e. The number of pyridine rings is 1. The molecule has 2 aromatic heterocycles. The molecule has 1 atom stereocenters. The molecule has 0 aliphatic carbocycles. The molecule has 0 saturated carbocycles. The maximum Gasteiger partial charge on any atom is 0.170 e. The maximum atomic E-state index is 11.4. The highest BCUT2D eigenvalue weighted by Crippen LogP contribution is 2.29. The standard InChI is InChI=1S/C14H17N3O/c1-2-11-6-5-9-16(11)14-12(10-18)17-8-4-3-7-13(17)15-14/h3-4,7-8,10-11H,2,5-6,9H2,1H3. The fourth-order valence-electron chi connectivity index (χ4n) is 2.86. The molecule has 4 nitrogen and oxygen atoms in total. The van der Waals surface area contributed by atoms with Crippen LogP contribution in [0.5, 0.6) is 0 Å². The summed E-state index contributed by atoms with van der Waals surface area (Å²) in [4.78, 5) is 18.3. The third-order valence-electron chi connectivity index (χ3n) is 3.78. The Hall–Kier alpha value is -1.84. The predicted molar refractivity (Wildman–Crippen MR) is 71.2 cm³/mol. The van der Waals surface area contributed by atoms with Gasteiger partial charge in [0.2, 0.25) is 0 Å². The summed E-state index contributed by atoms with van der Waals surface area (Å²) in [6.07, 6.45) is 6.30. The Labute approximate surface area is 106 Å². The maximum absolute atomic E-state index is 11.4. The van der Waals surface area contributed by atoms with Crippen molar-refractivity contribution >= 4 is 17.8 Å². The third kappa shape index (κ3) is 1.60. The normalized spacial score (nSPS) is 19.6. The van der Waals surface area contributed by atoms with E-state index in [4.69, 9.17) is 0 Å². The summed E-state index contributed by atoms with van der Waals surface area (Å²) in [5.74, 6) is 0.848. The zero-order valence-corrected chi connectivity index (χ0v) is 10.5. The predicted octanol–water partition coefficient (Wildman–Crippen LogP) is 2.53. The fraction of sp³-hybridized carbons (Fsp3) is 0.429. The van der Waals surface area contributed by atoms with Gasteiger partial charge in [-0.25, -0.2) is 4.98 Å². The van der Waals surface area contributed by atoms with Crippen LogP contribution < -0.4 is 4.90 Å². The summed E-state index contributed by atoms with van der Waals surface area (Å²) in [7, 11) is 0. The van der Waals surface area contributed by atoms with E-state index in [0.717, 1.165) is 30.7 Å². The van der Waals surface area contributed by atoms with Gasteiger partial charge in [0.05, 0.1) is 0 Å². The number of aromatic nitrogens is 2. The van der Waals surface area contributed by atoms with E-state index < -0.39 is 0 Å². The Morgan fingerprint density at radius 3 is 3.17 bits per heavy atom. The second-order valence-corrected chi connectivity index (χ2v) is 4.77. The van der Waals surface area contributed by atoms with Crippen molar-refractivity contribution in [1.82, 2.24) is 9.38 Å². The van der Waals surface area contributed by atoms with Crippen molar-refractivity contribution in [2.45, 2.75) is 32.2 Å². The van der Waals surface area contributed by atoms with Gasteiger partial charge in [0.25, 0.3) is 0 Å². The first-order valence-electron chi connectivity index (χ1n) is 6.54. The van der Waals surface area contributed by atoms with Gasteiger partial charge >= 0.3 is 0 Å². The van der Waals surface area contributed by atoms with Gasteiger partial charge in [-0.2, -0.15) is 0 Å². The van der Waals surface area contributed by atoms with E-state index in [2.05, 4.69) is 16.8 Å². The number of carbonyl (C=O) groups is 1. The number of imidazole rings is 1. The molecular formula is C14H17N3O. The average Bonchev–Trinajstić information content (AvgIpc) is 3.01. The summed E-state index contributed by atoms with van der Waals surface area (Å²) >= 11 is 0. The Balaban J connectivity index is 2.13. The van der Waals surface area contributed by atoms with Crippen molar-refractivity contribution in [2.75, 3.05) is 11.4 Å². The Morgan fingerprint density at radius 2 is 2.39 bits per heavy atom. The van der Waals surface area contributed by atoms with E-state index in [1.54, 1.807) is 0 Å². The highest BCUT2D eigenvalue weighted by atomic mass is 16.1. The highest BCUT2D eigenvalue weighted by Gasteiger charge is 2.27. The number of hydrogen-bond donors (Lipinski definition) is 0. The molecule has 0 amide bonds. The topological polar surface area (TPSA) is 37.6 Å². The van der Waals surface area contributed by atoms with Crippen LogP contribution >= 0.6 is 0 Å². The molecule has 94 valence electrons. The van der Waals surface area contributed by atoms with Crippen molar-refractivity contribution in [2.24, 2.45) is 0 Å².